The van der Waals surface area contributed by atoms with Gasteiger partial charge in [0.1, 0.15) is 17.2 Å². The number of anilines is 1. The molecule has 1 aliphatic rings. The van der Waals surface area contributed by atoms with Crippen molar-refractivity contribution in [1.29, 1.82) is 0 Å². The van der Waals surface area contributed by atoms with E-state index >= 15 is 0 Å². The molecule has 1 heterocycles. The fraction of sp³-hybridized carbons (Fsp3) is 0.294. The summed E-state index contributed by atoms with van der Waals surface area (Å²) in [5.74, 6) is 1.74. The van der Waals surface area contributed by atoms with Gasteiger partial charge in [-0.1, -0.05) is 6.07 Å². The van der Waals surface area contributed by atoms with Crippen LogP contribution in [0.5, 0.6) is 17.2 Å². The van der Waals surface area contributed by atoms with E-state index < -0.39 is 5.79 Å². The van der Waals surface area contributed by atoms with Crippen LogP contribution in [0.4, 0.5) is 5.69 Å². The zero-order valence-corrected chi connectivity index (χ0v) is 12.3. The van der Waals surface area contributed by atoms with Gasteiger partial charge in [-0.2, -0.15) is 0 Å². The van der Waals surface area contributed by atoms with E-state index in [0.717, 1.165) is 30.1 Å². The highest BCUT2D eigenvalue weighted by Crippen LogP contribution is 2.37. The maximum Gasteiger partial charge on any atom is 0.207 e. The van der Waals surface area contributed by atoms with Gasteiger partial charge in [-0.25, -0.2) is 0 Å². The van der Waals surface area contributed by atoms with Crippen LogP contribution >= 0.6 is 0 Å². The fourth-order valence-electron chi connectivity index (χ4n) is 2.36. The topological polar surface area (TPSA) is 53.7 Å². The van der Waals surface area contributed by atoms with Crippen molar-refractivity contribution in [1.82, 2.24) is 0 Å². The smallest absolute Gasteiger partial charge is 0.207 e. The zero-order valence-electron chi connectivity index (χ0n) is 12.3. The monoisotopic (exact) mass is 285 g/mol. The minimum absolute atomic E-state index is 0.563. The predicted molar refractivity (Wildman–Crippen MR) is 81.7 cm³/mol. The zero-order chi connectivity index (χ0) is 14.9. The van der Waals surface area contributed by atoms with Crippen LogP contribution in [0.2, 0.25) is 0 Å². The Morgan fingerprint density at radius 1 is 1.10 bits per heavy atom. The molecule has 2 aromatic rings. The molecule has 0 radical (unpaired) electrons. The summed E-state index contributed by atoms with van der Waals surface area (Å²) in [5, 5.41) is 0. The molecule has 0 spiro atoms. The first-order valence-corrected chi connectivity index (χ1v) is 6.98. The van der Waals surface area contributed by atoms with Crippen molar-refractivity contribution in [3.05, 3.63) is 48.0 Å². The fourth-order valence-corrected chi connectivity index (χ4v) is 2.36. The van der Waals surface area contributed by atoms with Gasteiger partial charge in [0.05, 0.1) is 0 Å². The Morgan fingerprint density at radius 2 is 1.81 bits per heavy atom. The summed E-state index contributed by atoms with van der Waals surface area (Å²) in [7, 11) is 1.67. The molecule has 1 atom stereocenters. The molecule has 1 aliphatic heterocycles. The van der Waals surface area contributed by atoms with Crippen LogP contribution in [0.15, 0.2) is 42.5 Å². The second kappa shape index (κ2) is 5.30. The molecule has 1 unspecified atom stereocenters. The number of nitrogens with two attached hydrogens (primary N) is 1. The lowest BCUT2D eigenvalue weighted by Crippen LogP contribution is -2.38. The molecule has 110 valence electrons. The molecular weight excluding hydrogens is 266 g/mol. The van der Waals surface area contributed by atoms with Crippen LogP contribution in [0.25, 0.3) is 0 Å². The van der Waals surface area contributed by atoms with Gasteiger partial charge in [-0.05, 0) is 42.3 Å². The van der Waals surface area contributed by atoms with Gasteiger partial charge >= 0.3 is 0 Å². The molecule has 4 nitrogen and oxygen atoms in total. The maximum absolute atomic E-state index is 5.94. The molecule has 21 heavy (non-hydrogen) atoms. The van der Waals surface area contributed by atoms with E-state index in [1.165, 1.54) is 5.56 Å². The number of fused-ring (bicyclic) bond motifs is 1. The van der Waals surface area contributed by atoms with Crippen molar-refractivity contribution < 1.29 is 14.2 Å². The van der Waals surface area contributed by atoms with Gasteiger partial charge in [0.15, 0.2) is 0 Å². The first kappa shape index (κ1) is 13.8. The number of aryl methyl sites for hydroxylation is 1. The van der Waals surface area contributed by atoms with E-state index in [0.29, 0.717) is 5.69 Å². The maximum atomic E-state index is 5.94. The molecule has 0 saturated carbocycles. The SMILES string of the molecule is COC1(C)CCc2ccc(Oc3ccc(N)cc3)cc2O1. The highest BCUT2D eigenvalue weighted by atomic mass is 16.7. The van der Waals surface area contributed by atoms with Crippen LogP contribution in [0.1, 0.15) is 18.9 Å². The van der Waals surface area contributed by atoms with Crippen LogP contribution < -0.4 is 15.2 Å². The van der Waals surface area contributed by atoms with Crippen molar-refractivity contribution in [2.45, 2.75) is 25.6 Å². The average Bonchev–Trinajstić information content (AvgIpc) is 2.49. The highest BCUT2D eigenvalue weighted by molar-refractivity contribution is 5.46. The summed E-state index contributed by atoms with van der Waals surface area (Å²) in [6, 6.07) is 13.2. The first-order chi connectivity index (χ1) is 10.1. The van der Waals surface area contributed by atoms with Crippen molar-refractivity contribution in [3.8, 4) is 17.2 Å². The predicted octanol–water partition coefficient (Wildman–Crippen LogP) is 3.75. The normalized spacial score (nSPS) is 20.5. The Bertz CT molecular complexity index is 639. The van der Waals surface area contributed by atoms with Gasteiger partial charge in [0.25, 0.3) is 0 Å². The number of ether oxygens (including phenoxy) is 3. The Labute approximate surface area is 124 Å². The number of hydrogen-bond acceptors (Lipinski definition) is 4. The molecule has 0 fully saturated rings. The minimum atomic E-state index is -0.563. The lowest BCUT2D eigenvalue weighted by Gasteiger charge is -2.34. The molecule has 0 saturated heterocycles. The number of benzene rings is 2. The molecule has 0 aromatic heterocycles. The van der Waals surface area contributed by atoms with Crippen LogP contribution in [0, 0.1) is 0 Å². The molecule has 3 rings (SSSR count). The minimum Gasteiger partial charge on any atom is -0.462 e. The quantitative estimate of drug-likeness (QED) is 0.873. The Kier molecular flexibility index (Phi) is 3.47. The van der Waals surface area contributed by atoms with Gasteiger partial charge in [-0.15, -0.1) is 0 Å². The third-order valence-electron chi connectivity index (χ3n) is 3.76. The van der Waals surface area contributed by atoms with Gasteiger partial charge < -0.3 is 19.9 Å². The summed E-state index contributed by atoms with van der Waals surface area (Å²) >= 11 is 0. The lowest BCUT2D eigenvalue weighted by molar-refractivity contribution is -0.160. The lowest BCUT2D eigenvalue weighted by atomic mass is 10.0. The summed E-state index contributed by atoms with van der Waals surface area (Å²) in [6.07, 6.45) is 1.77. The van der Waals surface area contributed by atoms with Crippen LogP contribution in [0.3, 0.4) is 0 Å². The molecule has 0 aliphatic carbocycles. The molecule has 2 N–H and O–H groups in total. The molecule has 2 aromatic carbocycles. The number of rotatable bonds is 3. The van der Waals surface area contributed by atoms with E-state index in [9.17, 15) is 0 Å². The summed E-state index contributed by atoms with van der Waals surface area (Å²) in [4.78, 5) is 0. The van der Waals surface area contributed by atoms with Gasteiger partial charge in [0.2, 0.25) is 5.79 Å². The highest BCUT2D eigenvalue weighted by Gasteiger charge is 2.31. The van der Waals surface area contributed by atoms with Gasteiger partial charge in [0, 0.05) is 32.2 Å². The average molecular weight is 285 g/mol. The van der Waals surface area contributed by atoms with Crippen molar-refractivity contribution >= 4 is 5.69 Å². The van der Waals surface area contributed by atoms with Crippen molar-refractivity contribution in [2.75, 3.05) is 12.8 Å². The summed E-state index contributed by atoms with van der Waals surface area (Å²) in [6.45, 7) is 1.95. The third kappa shape index (κ3) is 2.95. The van der Waals surface area contributed by atoms with Crippen molar-refractivity contribution in [3.63, 3.8) is 0 Å². The summed E-state index contributed by atoms with van der Waals surface area (Å²) < 4.78 is 17.2. The van der Waals surface area contributed by atoms with Crippen LogP contribution in [-0.2, 0) is 11.2 Å². The Balaban J connectivity index is 1.82. The summed E-state index contributed by atoms with van der Waals surface area (Å²) in [5.41, 5.74) is 7.56. The van der Waals surface area contributed by atoms with Gasteiger partial charge in [-0.3, -0.25) is 0 Å². The van der Waals surface area contributed by atoms with E-state index in [1.54, 1.807) is 7.11 Å². The molecule has 0 amide bonds. The number of hydrogen-bond donors (Lipinski definition) is 1. The van der Waals surface area contributed by atoms with E-state index in [2.05, 4.69) is 0 Å². The third-order valence-corrected chi connectivity index (χ3v) is 3.76. The number of nitrogen functional groups attached to an aromatic ring is 1. The van der Waals surface area contributed by atoms with E-state index in [-0.39, 0.29) is 0 Å². The Hall–Kier alpha value is -2.20. The molecule has 0 bridgehead atoms. The van der Waals surface area contributed by atoms with E-state index in [4.69, 9.17) is 19.9 Å². The molecule has 4 heteroatoms. The standard InChI is InChI=1S/C17H19NO3/c1-17(19-2)10-9-12-3-6-15(11-16(12)21-17)20-14-7-4-13(18)5-8-14/h3-8,11H,9-10,18H2,1-2H3. The first-order valence-electron chi connectivity index (χ1n) is 6.98. The van der Waals surface area contributed by atoms with E-state index in [1.807, 2.05) is 49.4 Å². The van der Waals surface area contributed by atoms with Crippen LogP contribution in [-0.4, -0.2) is 12.9 Å². The second-order valence-corrected chi connectivity index (χ2v) is 5.38. The Morgan fingerprint density at radius 3 is 2.52 bits per heavy atom. The number of methoxy groups -OCH3 is 1. The second-order valence-electron chi connectivity index (χ2n) is 5.38. The van der Waals surface area contributed by atoms with Crippen molar-refractivity contribution in [2.24, 2.45) is 0 Å². The molecular formula is C17H19NO3. The largest absolute Gasteiger partial charge is 0.462 e.